The van der Waals surface area contributed by atoms with Crippen LogP contribution in [0.5, 0.6) is 0 Å². The van der Waals surface area contributed by atoms with Gasteiger partial charge in [-0.05, 0) is 73.4 Å². The number of amides is 4. The molecule has 1 saturated carbocycles. The normalized spacial score (nSPS) is 22.9. The average molecular weight is 486 g/mol. The maximum absolute atomic E-state index is 13.2. The Morgan fingerprint density at radius 2 is 1.79 bits per heavy atom. The summed E-state index contributed by atoms with van der Waals surface area (Å²) < 4.78 is 5.87. The van der Waals surface area contributed by atoms with Gasteiger partial charge in [0.15, 0.2) is 0 Å². The third-order valence-corrected chi connectivity index (χ3v) is 7.46. The van der Waals surface area contributed by atoms with E-state index in [1.165, 1.54) is 4.90 Å². The van der Waals surface area contributed by atoms with Gasteiger partial charge in [-0.1, -0.05) is 32.4 Å². The van der Waals surface area contributed by atoms with Crippen molar-refractivity contribution < 1.29 is 18.8 Å². The maximum atomic E-state index is 13.2. The van der Waals surface area contributed by atoms with Crippen LogP contribution in [0.15, 0.2) is 40.8 Å². The van der Waals surface area contributed by atoms with Crippen LogP contribution in [-0.4, -0.2) is 46.8 Å². The van der Waals surface area contributed by atoms with E-state index >= 15 is 0 Å². The summed E-state index contributed by atoms with van der Waals surface area (Å²) in [4.78, 5) is 41.2. The van der Waals surface area contributed by atoms with E-state index < -0.39 is 11.6 Å². The number of hydrogen-bond acceptors (Lipinski definition) is 4. The number of urea groups is 1. The van der Waals surface area contributed by atoms with Crippen molar-refractivity contribution in [2.45, 2.75) is 58.5 Å². The Bertz CT molecular complexity index is 1080. The minimum absolute atomic E-state index is 0.172. The van der Waals surface area contributed by atoms with Gasteiger partial charge in [-0.15, -0.1) is 0 Å². The summed E-state index contributed by atoms with van der Waals surface area (Å²) in [5.41, 5.74) is 0.187. The van der Waals surface area contributed by atoms with E-state index in [1.807, 2.05) is 24.3 Å². The molecule has 2 fully saturated rings. The van der Waals surface area contributed by atoms with Crippen molar-refractivity contribution in [3.63, 3.8) is 0 Å². The molecule has 1 aromatic heterocycles. The van der Waals surface area contributed by atoms with Crippen molar-refractivity contribution in [1.29, 1.82) is 0 Å². The molecular weight excluding hydrogens is 454 g/mol. The van der Waals surface area contributed by atoms with Crippen LogP contribution in [0.3, 0.4) is 0 Å². The molecule has 2 aromatic rings. The van der Waals surface area contributed by atoms with Gasteiger partial charge >= 0.3 is 6.03 Å². The maximum Gasteiger partial charge on any atom is 0.325 e. The summed E-state index contributed by atoms with van der Waals surface area (Å²) in [6.07, 6.45) is 2.98. The minimum Gasteiger partial charge on any atom is -0.459 e. The molecule has 4 amide bonds. The predicted molar refractivity (Wildman–Crippen MR) is 130 cm³/mol. The summed E-state index contributed by atoms with van der Waals surface area (Å²) in [6, 6.07) is 10.5. The SMILES string of the molecule is CN(Cc1ccc(-c2ccc(Cl)cc2)o1)C(=O)CN1C(=O)NC2(CCC(C(C)(C)C)CC2)C1=O. The van der Waals surface area contributed by atoms with Gasteiger partial charge in [-0.2, -0.15) is 0 Å². The van der Waals surface area contributed by atoms with Gasteiger partial charge in [0.25, 0.3) is 5.91 Å². The average Bonchev–Trinajstić information content (AvgIpc) is 3.32. The predicted octanol–water partition coefficient (Wildman–Crippen LogP) is 5.09. The molecule has 2 aliphatic rings. The van der Waals surface area contributed by atoms with E-state index in [1.54, 1.807) is 19.2 Å². The second kappa shape index (κ2) is 9.10. The first-order chi connectivity index (χ1) is 16.0. The van der Waals surface area contributed by atoms with E-state index in [2.05, 4.69) is 26.1 Å². The molecule has 1 spiro atoms. The molecule has 8 heteroatoms. The fourth-order valence-electron chi connectivity index (χ4n) is 4.95. The molecular formula is C26H32ClN3O4. The number of likely N-dealkylation sites (N-methyl/N-ethyl adjacent to an activating group) is 1. The second-order valence-electron chi connectivity index (χ2n) is 10.6. The molecule has 4 rings (SSSR count). The molecule has 182 valence electrons. The van der Waals surface area contributed by atoms with Gasteiger partial charge in [0.05, 0.1) is 6.54 Å². The van der Waals surface area contributed by atoms with Gasteiger partial charge in [0, 0.05) is 17.6 Å². The van der Waals surface area contributed by atoms with E-state index in [0.29, 0.717) is 35.3 Å². The Morgan fingerprint density at radius 3 is 2.41 bits per heavy atom. The molecule has 2 heterocycles. The van der Waals surface area contributed by atoms with E-state index in [4.69, 9.17) is 16.0 Å². The summed E-state index contributed by atoms with van der Waals surface area (Å²) in [5.74, 6) is 1.18. The Labute approximate surface area is 205 Å². The van der Waals surface area contributed by atoms with Crippen molar-refractivity contribution in [2.75, 3.05) is 13.6 Å². The lowest BCUT2D eigenvalue weighted by atomic mass is 9.67. The minimum atomic E-state index is -0.869. The molecule has 1 aliphatic heterocycles. The first-order valence-electron chi connectivity index (χ1n) is 11.7. The summed E-state index contributed by atoms with van der Waals surface area (Å²) in [6.45, 7) is 6.58. The van der Waals surface area contributed by atoms with Gasteiger partial charge in [-0.25, -0.2) is 4.79 Å². The number of nitrogens with zero attached hydrogens (tertiary/aromatic N) is 2. The molecule has 0 bridgehead atoms. The number of halogens is 1. The highest BCUT2D eigenvalue weighted by molar-refractivity contribution is 6.30. The van der Waals surface area contributed by atoms with Crippen molar-refractivity contribution in [3.8, 4) is 11.3 Å². The van der Waals surface area contributed by atoms with Crippen LogP contribution in [0.25, 0.3) is 11.3 Å². The fraction of sp³-hybridized carbons (Fsp3) is 0.500. The Morgan fingerprint density at radius 1 is 1.15 bits per heavy atom. The zero-order valence-electron chi connectivity index (χ0n) is 20.2. The third-order valence-electron chi connectivity index (χ3n) is 7.21. The zero-order valence-corrected chi connectivity index (χ0v) is 20.9. The van der Waals surface area contributed by atoms with Crippen LogP contribution in [0, 0.1) is 11.3 Å². The number of hydrogen-bond donors (Lipinski definition) is 1. The standard InChI is InChI=1S/C26H32ClN3O4/c1-25(2,3)18-11-13-26(14-12-18)23(32)30(24(33)28-26)16-22(31)29(4)15-20-9-10-21(34-20)17-5-7-19(27)8-6-17/h5-10,18H,11-16H2,1-4H3,(H,28,33). The summed E-state index contributed by atoms with van der Waals surface area (Å²) >= 11 is 5.94. The first kappa shape index (κ1) is 24.3. The first-order valence-corrected chi connectivity index (χ1v) is 12.1. The van der Waals surface area contributed by atoms with Crippen LogP contribution in [0.1, 0.15) is 52.2 Å². The zero-order chi connectivity index (χ0) is 24.7. The lowest BCUT2D eigenvalue weighted by Gasteiger charge is -2.40. The largest absolute Gasteiger partial charge is 0.459 e. The van der Waals surface area contributed by atoms with Gasteiger partial charge in [-0.3, -0.25) is 14.5 Å². The van der Waals surface area contributed by atoms with E-state index in [9.17, 15) is 14.4 Å². The molecule has 1 N–H and O–H groups in total. The number of carbonyl (C=O) groups excluding carboxylic acids is 3. The van der Waals surface area contributed by atoms with Crippen molar-refractivity contribution in [3.05, 3.63) is 47.2 Å². The smallest absolute Gasteiger partial charge is 0.325 e. The topological polar surface area (TPSA) is 82.9 Å². The number of nitrogens with one attached hydrogen (secondary N) is 1. The van der Waals surface area contributed by atoms with Crippen LogP contribution in [0.4, 0.5) is 4.79 Å². The second-order valence-corrected chi connectivity index (χ2v) is 11.0. The Kier molecular flexibility index (Phi) is 6.51. The van der Waals surface area contributed by atoms with Crippen LogP contribution in [0.2, 0.25) is 5.02 Å². The molecule has 7 nitrogen and oxygen atoms in total. The summed E-state index contributed by atoms with van der Waals surface area (Å²) in [5, 5.41) is 3.54. The molecule has 0 atom stereocenters. The monoisotopic (exact) mass is 485 g/mol. The van der Waals surface area contributed by atoms with Crippen molar-refractivity contribution in [1.82, 2.24) is 15.1 Å². The number of rotatable bonds is 5. The number of imide groups is 1. The molecule has 1 aliphatic carbocycles. The molecule has 34 heavy (non-hydrogen) atoms. The van der Waals surface area contributed by atoms with Crippen molar-refractivity contribution in [2.24, 2.45) is 11.3 Å². The lowest BCUT2D eigenvalue weighted by molar-refractivity contribution is -0.139. The fourth-order valence-corrected chi connectivity index (χ4v) is 5.07. The van der Waals surface area contributed by atoms with Crippen LogP contribution < -0.4 is 5.32 Å². The lowest BCUT2D eigenvalue weighted by Crippen LogP contribution is -2.51. The Balaban J connectivity index is 1.36. The van der Waals surface area contributed by atoms with Gasteiger partial charge < -0.3 is 14.6 Å². The molecule has 0 radical (unpaired) electrons. The quantitative estimate of drug-likeness (QED) is 0.598. The molecule has 1 saturated heterocycles. The number of furan rings is 1. The summed E-state index contributed by atoms with van der Waals surface area (Å²) in [7, 11) is 1.63. The van der Waals surface area contributed by atoms with Gasteiger partial charge in [0.2, 0.25) is 5.91 Å². The highest BCUT2D eigenvalue weighted by Crippen LogP contribution is 2.43. The number of benzene rings is 1. The molecule has 1 aromatic carbocycles. The highest BCUT2D eigenvalue weighted by atomic mass is 35.5. The number of carbonyl (C=O) groups is 3. The van der Waals surface area contributed by atoms with E-state index in [0.717, 1.165) is 23.3 Å². The van der Waals surface area contributed by atoms with Crippen molar-refractivity contribution >= 4 is 29.4 Å². The highest BCUT2D eigenvalue weighted by Gasteiger charge is 2.53. The van der Waals surface area contributed by atoms with Crippen LogP contribution >= 0.6 is 11.6 Å². The van der Waals surface area contributed by atoms with Crippen LogP contribution in [-0.2, 0) is 16.1 Å². The van der Waals surface area contributed by atoms with E-state index in [-0.39, 0.29) is 30.3 Å². The third kappa shape index (κ3) is 4.85. The van der Waals surface area contributed by atoms with Gasteiger partial charge in [0.1, 0.15) is 23.6 Å². The Hall–Kier alpha value is -2.80. The molecule has 0 unspecified atom stereocenters.